The third kappa shape index (κ3) is 4.04. The van der Waals surface area contributed by atoms with Gasteiger partial charge in [-0.15, -0.1) is 0 Å². The monoisotopic (exact) mass is 558 g/mol. The van der Waals surface area contributed by atoms with Crippen molar-refractivity contribution in [2.45, 2.75) is 19.4 Å². The maximum absolute atomic E-state index is 13.3. The zero-order valence-electron chi connectivity index (χ0n) is 22.6. The smallest absolute Gasteiger partial charge is 0.340 e. The molecule has 1 N–H and O–H groups in total. The van der Waals surface area contributed by atoms with Crippen molar-refractivity contribution < 1.29 is 14.3 Å². The average molecular weight is 559 g/mol. The van der Waals surface area contributed by atoms with Crippen LogP contribution in [-0.2, 0) is 10.3 Å². The molecule has 5 nitrogen and oxygen atoms in total. The van der Waals surface area contributed by atoms with Crippen LogP contribution >= 0.6 is 11.6 Å². The van der Waals surface area contributed by atoms with Gasteiger partial charge in [-0.2, -0.15) is 0 Å². The molecule has 1 unspecified atom stereocenters. The van der Waals surface area contributed by atoms with Crippen LogP contribution < -0.4 is 15.0 Å². The van der Waals surface area contributed by atoms with E-state index in [-0.39, 0.29) is 5.97 Å². The van der Waals surface area contributed by atoms with Gasteiger partial charge in [-0.05, 0) is 74.5 Å². The number of fused-ring (bicyclic) bond motifs is 6. The third-order valence-electron chi connectivity index (χ3n) is 7.82. The number of para-hydroxylation sites is 1. The van der Waals surface area contributed by atoms with Crippen molar-refractivity contribution in [2.24, 2.45) is 0 Å². The van der Waals surface area contributed by atoms with Gasteiger partial charge in [0.1, 0.15) is 11.5 Å². The van der Waals surface area contributed by atoms with Gasteiger partial charge in [-0.1, -0.05) is 59.6 Å². The van der Waals surface area contributed by atoms with E-state index in [1.807, 2.05) is 78.9 Å². The van der Waals surface area contributed by atoms with Crippen molar-refractivity contribution in [1.29, 1.82) is 0 Å². The van der Waals surface area contributed by atoms with Crippen LogP contribution in [0.1, 0.15) is 39.5 Å². The standard InChI is InChI=1S/C35H27ClN2O3/c1-3-38(24-15-12-22(2)13-16-24)25-17-18-28-33(21-25)40-32-19-14-23(37-31-11-7-6-10-30(31)36)20-29(32)35(28)27-9-5-4-8-26(27)34(39)41-35/h4-21,37H,3H2,1-2H3. The van der Waals surface area contributed by atoms with Gasteiger partial charge in [0.15, 0.2) is 5.60 Å². The van der Waals surface area contributed by atoms with Gasteiger partial charge in [0.25, 0.3) is 0 Å². The van der Waals surface area contributed by atoms with Crippen LogP contribution in [0.25, 0.3) is 0 Å². The quantitative estimate of drug-likeness (QED) is 0.218. The summed E-state index contributed by atoms with van der Waals surface area (Å²) in [5, 5.41) is 4.02. The second-order valence-corrected chi connectivity index (χ2v) is 10.7. The maximum atomic E-state index is 13.3. The van der Waals surface area contributed by atoms with Gasteiger partial charge in [-0.3, -0.25) is 0 Å². The van der Waals surface area contributed by atoms with Crippen LogP contribution in [0.3, 0.4) is 0 Å². The highest BCUT2D eigenvalue weighted by molar-refractivity contribution is 6.33. The Morgan fingerprint density at radius 3 is 2.34 bits per heavy atom. The first-order chi connectivity index (χ1) is 20.0. The summed E-state index contributed by atoms with van der Waals surface area (Å²) in [6.07, 6.45) is 0. The normalized spacial score (nSPS) is 16.3. The molecule has 1 spiro atoms. The summed E-state index contributed by atoms with van der Waals surface area (Å²) < 4.78 is 12.9. The number of anilines is 4. The van der Waals surface area contributed by atoms with Crippen molar-refractivity contribution in [3.63, 3.8) is 0 Å². The van der Waals surface area contributed by atoms with Gasteiger partial charge in [0.2, 0.25) is 0 Å². The lowest BCUT2D eigenvalue weighted by molar-refractivity contribution is 0.0224. The molecule has 5 aromatic rings. The molecule has 0 amide bonds. The lowest BCUT2D eigenvalue weighted by Gasteiger charge is -2.37. The summed E-state index contributed by atoms with van der Waals surface area (Å²) in [5.41, 5.74) is 6.59. The van der Waals surface area contributed by atoms with Crippen molar-refractivity contribution in [3.05, 3.63) is 142 Å². The molecule has 0 saturated carbocycles. The Kier molecular flexibility index (Phi) is 5.98. The van der Waals surface area contributed by atoms with E-state index in [4.69, 9.17) is 21.1 Å². The highest BCUT2D eigenvalue weighted by Gasteiger charge is 2.53. The second kappa shape index (κ2) is 9.72. The van der Waals surface area contributed by atoms with E-state index in [1.54, 1.807) is 0 Å². The highest BCUT2D eigenvalue weighted by atomic mass is 35.5. The molecule has 5 aromatic carbocycles. The summed E-state index contributed by atoms with van der Waals surface area (Å²) in [6.45, 7) is 4.98. The largest absolute Gasteiger partial charge is 0.456 e. The highest BCUT2D eigenvalue weighted by Crippen LogP contribution is 2.57. The van der Waals surface area contributed by atoms with Crippen molar-refractivity contribution in [1.82, 2.24) is 0 Å². The molecule has 202 valence electrons. The summed E-state index contributed by atoms with van der Waals surface area (Å²) >= 11 is 6.43. The molecule has 0 aromatic heterocycles. The summed E-state index contributed by atoms with van der Waals surface area (Å²) in [6, 6.07) is 35.6. The number of benzene rings is 5. The third-order valence-corrected chi connectivity index (χ3v) is 8.15. The van der Waals surface area contributed by atoms with Crippen LogP contribution in [0.15, 0.2) is 109 Å². The molecule has 0 fully saturated rings. The molecule has 2 heterocycles. The molecule has 6 heteroatoms. The van der Waals surface area contributed by atoms with Crippen LogP contribution in [0.2, 0.25) is 5.02 Å². The topological polar surface area (TPSA) is 50.8 Å². The fourth-order valence-corrected chi connectivity index (χ4v) is 6.05. The lowest BCUT2D eigenvalue weighted by Crippen LogP contribution is -2.33. The number of nitrogens with zero attached hydrogens (tertiary/aromatic N) is 1. The number of halogens is 1. The molecule has 0 saturated heterocycles. The summed E-state index contributed by atoms with van der Waals surface area (Å²) in [7, 11) is 0. The van der Waals surface area contributed by atoms with E-state index >= 15 is 0 Å². The molecular formula is C35H27ClN2O3. The SMILES string of the molecule is CCN(c1ccc(C)cc1)c1ccc2c(c1)Oc1ccc(Nc3ccccc3Cl)cc1C21OC(=O)c2ccccc21. The molecule has 41 heavy (non-hydrogen) atoms. The predicted octanol–water partition coefficient (Wildman–Crippen LogP) is 9.12. The van der Waals surface area contributed by atoms with Crippen LogP contribution in [-0.4, -0.2) is 12.5 Å². The molecule has 2 aliphatic heterocycles. The van der Waals surface area contributed by atoms with Gasteiger partial charge >= 0.3 is 5.97 Å². The van der Waals surface area contributed by atoms with Crippen LogP contribution in [0, 0.1) is 6.92 Å². The minimum absolute atomic E-state index is 0.359. The number of carbonyl (C=O) groups is 1. The Morgan fingerprint density at radius 1 is 0.780 bits per heavy atom. The maximum Gasteiger partial charge on any atom is 0.340 e. The van der Waals surface area contributed by atoms with Crippen molar-refractivity contribution in [2.75, 3.05) is 16.8 Å². The van der Waals surface area contributed by atoms with E-state index in [9.17, 15) is 4.79 Å². The molecule has 1 atom stereocenters. The molecule has 0 radical (unpaired) electrons. The minimum atomic E-state index is -1.16. The van der Waals surface area contributed by atoms with Gasteiger partial charge in [0.05, 0.1) is 16.3 Å². The lowest BCUT2D eigenvalue weighted by atomic mass is 9.77. The van der Waals surface area contributed by atoms with E-state index < -0.39 is 5.60 Å². The Balaban J connectivity index is 1.39. The predicted molar refractivity (Wildman–Crippen MR) is 163 cm³/mol. The van der Waals surface area contributed by atoms with Crippen molar-refractivity contribution >= 4 is 40.3 Å². The van der Waals surface area contributed by atoms with E-state index in [1.165, 1.54) is 5.56 Å². The fourth-order valence-electron chi connectivity index (χ4n) is 5.86. The second-order valence-electron chi connectivity index (χ2n) is 10.3. The van der Waals surface area contributed by atoms with E-state index in [2.05, 4.69) is 54.4 Å². The molecule has 2 aliphatic rings. The Bertz CT molecular complexity index is 1820. The fraction of sp³-hybridized carbons (Fsp3) is 0.114. The number of esters is 1. The van der Waals surface area contributed by atoms with E-state index in [0.29, 0.717) is 22.1 Å². The van der Waals surface area contributed by atoms with Gasteiger partial charge in [0, 0.05) is 46.4 Å². The molecule has 7 rings (SSSR count). The first-order valence-corrected chi connectivity index (χ1v) is 14.0. The first-order valence-electron chi connectivity index (χ1n) is 13.6. The average Bonchev–Trinajstić information content (AvgIpc) is 3.29. The van der Waals surface area contributed by atoms with E-state index in [0.717, 1.165) is 46.0 Å². The summed E-state index contributed by atoms with van der Waals surface area (Å²) in [5.74, 6) is 0.918. The number of rotatable bonds is 5. The first kappa shape index (κ1) is 25.2. The van der Waals surface area contributed by atoms with Gasteiger partial charge < -0.3 is 19.7 Å². The van der Waals surface area contributed by atoms with Crippen LogP contribution in [0.5, 0.6) is 11.5 Å². The molecule has 0 aliphatic carbocycles. The van der Waals surface area contributed by atoms with Crippen LogP contribution in [0.4, 0.5) is 22.7 Å². The van der Waals surface area contributed by atoms with Gasteiger partial charge in [-0.25, -0.2) is 4.79 Å². The molecular weight excluding hydrogens is 532 g/mol. The Hall–Kier alpha value is -4.74. The molecule has 0 bridgehead atoms. The minimum Gasteiger partial charge on any atom is -0.456 e. The van der Waals surface area contributed by atoms with Crippen molar-refractivity contribution in [3.8, 4) is 11.5 Å². The Morgan fingerprint density at radius 2 is 1.54 bits per heavy atom. The summed E-state index contributed by atoms with van der Waals surface area (Å²) in [4.78, 5) is 15.5. The zero-order valence-corrected chi connectivity index (χ0v) is 23.4. The number of aryl methyl sites for hydroxylation is 1. The number of carbonyl (C=O) groups excluding carboxylic acids is 1. The zero-order chi connectivity index (χ0) is 28.1. The Labute approximate surface area is 243 Å². The number of nitrogens with one attached hydrogen (secondary N) is 1. The number of hydrogen-bond donors (Lipinski definition) is 1. The number of ether oxygens (including phenoxy) is 2. The number of hydrogen-bond acceptors (Lipinski definition) is 5.